The van der Waals surface area contributed by atoms with Gasteiger partial charge in [0.2, 0.25) is 5.91 Å². The molecule has 2 unspecified atom stereocenters. The van der Waals surface area contributed by atoms with Crippen LogP contribution in [0.3, 0.4) is 0 Å². The van der Waals surface area contributed by atoms with E-state index in [4.69, 9.17) is 5.73 Å². The largest absolute Gasteiger partial charge is 0.337 e. The van der Waals surface area contributed by atoms with Crippen LogP contribution < -0.4 is 5.73 Å². The Kier molecular flexibility index (Phi) is 6.41. The van der Waals surface area contributed by atoms with Crippen LogP contribution in [-0.4, -0.2) is 23.4 Å². The fourth-order valence-corrected chi connectivity index (χ4v) is 3.28. The molecule has 24 heavy (non-hydrogen) atoms. The molecule has 4 heteroatoms. The Hall–Kier alpha value is -1.84. The first-order chi connectivity index (χ1) is 11.1. The van der Waals surface area contributed by atoms with Crippen LogP contribution >= 0.6 is 12.4 Å². The highest BCUT2D eigenvalue weighted by molar-refractivity contribution is 5.85. The zero-order valence-electron chi connectivity index (χ0n) is 14.0. The minimum absolute atomic E-state index is 0. The van der Waals surface area contributed by atoms with Crippen molar-refractivity contribution in [2.45, 2.75) is 38.3 Å². The number of carbonyl (C=O) groups is 1. The maximum Gasteiger partial charge on any atom is 0.222 e. The third-order valence-corrected chi connectivity index (χ3v) is 4.56. The first kappa shape index (κ1) is 18.5. The molecule has 128 valence electrons. The van der Waals surface area contributed by atoms with Crippen molar-refractivity contribution in [2.24, 2.45) is 5.73 Å². The minimum Gasteiger partial charge on any atom is -0.337 e. The first-order valence-electron chi connectivity index (χ1n) is 8.31. The zero-order chi connectivity index (χ0) is 16.2. The molecule has 2 aromatic rings. The number of fused-ring (bicyclic) bond motifs is 1. The summed E-state index contributed by atoms with van der Waals surface area (Å²) in [6.45, 7) is 3.40. The van der Waals surface area contributed by atoms with Crippen molar-refractivity contribution in [1.82, 2.24) is 4.90 Å². The van der Waals surface area contributed by atoms with Crippen molar-refractivity contribution in [3.8, 4) is 0 Å². The summed E-state index contributed by atoms with van der Waals surface area (Å²) in [4.78, 5) is 14.5. The van der Waals surface area contributed by atoms with Gasteiger partial charge in [0.05, 0.1) is 0 Å². The average molecular weight is 345 g/mol. The Bertz CT molecular complexity index is 672. The van der Waals surface area contributed by atoms with Crippen LogP contribution in [0.25, 0.3) is 0 Å². The Labute approximate surface area is 150 Å². The van der Waals surface area contributed by atoms with Crippen LogP contribution in [0.15, 0.2) is 54.6 Å². The van der Waals surface area contributed by atoms with Gasteiger partial charge in [0.25, 0.3) is 0 Å². The summed E-state index contributed by atoms with van der Waals surface area (Å²) in [6.07, 6.45) is 1.27. The summed E-state index contributed by atoms with van der Waals surface area (Å²) in [7, 11) is 0. The van der Waals surface area contributed by atoms with Crippen molar-refractivity contribution < 1.29 is 4.79 Å². The summed E-state index contributed by atoms with van der Waals surface area (Å²) in [5, 5.41) is 0. The van der Waals surface area contributed by atoms with E-state index in [-0.39, 0.29) is 30.3 Å². The molecule has 1 aliphatic rings. The quantitative estimate of drug-likeness (QED) is 0.919. The highest BCUT2D eigenvalue weighted by Crippen LogP contribution is 2.33. The Morgan fingerprint density at radius 1 is 1.17 bits per heavy atom. The highest BCUT2D eigenvalue weighted by Gasteiger charge is 2.28. The second-order valence-electron chi connectivity index (χ2n) is 6.45. The molecule has 0 radical (unpaired) electrons. The summed E-state index contributed by atoms with van der Waals surface area (Å²) < 4.78 is 0. The number of amides is 1. The molecule has 3 rings (SSSR count). The van der Waals surface area contributed by atoms with Crippen molar-refractivity contribution in [3.05, 3.63) is 71.3 Å². The molecule has 0 saturated carbocycles. The summed E-state index contributed by atoms with van der Waals surface area (Å²) in [5.74, 6) is 0.457. The predicted octanol–water partition coefficient (Wildman–Crippen LogP) is 3.71. The Morgan fingerprint density at radius 3 is 2.54 bits per heavy atom. The second kappa shape index (κ2) is 8.32. The van der Waals surface area contributed by atoms with Gasteiger partial charge in [0.15, 0.2) is 0 Å². The van der Waals surface area contributed by atoms with Gasteiger partial charge in [-0.3, -0.25) is 4.79 Å². The van der Waals surface area contributed by atoms with Crippen LogP contribution in [0.4, 0.5) is 0 Å². The van der Waals surface area contributed by atoms with E-state index in [2.05, 4.69) is 48.5 Å². The fourth-order valence-electron chi connectivity index (χ4n) is 3.28. The molecule has 0 saturated heterocycles. The zero-order valence-corrected chi connectivity index (χ0v) is 14.8. The molecule has 0 aromatic heterocycles. The monoisotopic (exact) mass is 344 g/mol. The van der Waals surface area contributed by atoms with Gasteiger partial charge >= 0.3 is 0 Å². The molecule has 0 bridgehead atoms. The molecule has 0 fully saturated rings. The molecule has 2 atom stereocenters. The van der Waals surface area contributed by atoms with Crippen LogP contribution in [0.1, 0.15) is 42.4 Å². The van der Waals surface area contributed by atoms with E-state index >= 15 is 0 Å². The van der Waals surface area contributed by atoms with Crippen molar-refractivity contribution in [2.75, 3.05) is 6.54 Å². The predicted molar refractivity (Wildman–Crippen MR) is 100 cm³/mol. The van der Waals surface area contributed by atoms with Gasteiger partial charge < -0.3 is 10.6 Å². The lowest BCUT2D eigenvalue weighted by Gasteiger charge is -2.35. The highest BCUT2D eigenvalue weighted by atomic mass is 35.5. The van der Waals surface area contributed by atoms with E-state index in [0.717, 1.165) is 13.0 Å². The van der Waals surface area contributed by atoms with Crippen molar-refractivity contribution in [3.63, 3.8) is 0 Å². The third-order valence-electron chi connectivity index (χ3n) is 4.56. The topological polar surface area (TPSA) is 46.3 Å². The molecule has 0 aliphatic carbocycles. The Balaban J connectivity index is 0.00000208. The number of benzene rings is 2. The second-order valence-corrected chi connectivity index (χ2v) is 6.45. The molecule has 1 aliphatic heterocycles. The van der Waals surface area contributed by atoms with E-state index in [1.807, 2.05) is 17.9 Å². The SMILES string of the molecule is CC(N)CCC(=O)N1Cc2ccccc2C(c2ccccc2)C1.Cl. The standard InChI is InChI=1S/C20H24N2O.ClH/c1-15(21)11-12-20(23)22-13-17-9-5-6-10-18(17)19(14-22)16-7-3-2-4-8-16;/h2-10,15,19H,11-14,21H2,1H3;1H. The van der Waals surface area contributed by atoms with E-state index in [0.29, 0.717) is 13.0 Å². The van der Waals surface area contributed by atoms with Crippen molar-refractivity contribution in [1.29, 1.82) is 0 Å². The van der Waals surface area contributed by atoms with Gasteiger partial charge in [-0.15, -0.1) is 12.4 Å². The van der Waals surface area contributed by atoms with E-state index in [9.17, 15) is 4.79 Å². The third kappa shape index (κ3) is 4.16. The molecular formula is C20H25ClN2O. The number of nitrogens with zero attached hydrogens (tertiary/aromatic N) is 1. The summed E-state index contributed by atoms with van der Waals surface area (Å²) in [6, 6.07) is 19.0. The van der Waals surface area contributed by atoms with Gasteiger partial charge in [0, 0.05) is 31.5 Å². The Morgan fingerprint density at radius 2 is 1.83 bits per heavy atom. The van der Waals surface area contributed by atoms with E-state index < -0.39 is 0 Å². The lowest BCUT2D eigenvalue weighted by atomic mass is 9.84. The van der Waals surface area contributed by atoms with E-state index in [1.54, 1.807) is 0 Å². The lowest BCUT2D eigenvalue weighted by molar-refractivity contribution is -0.132. The van der Waals surface area contributed by atoms with Crippen LogP contribution in [0, 0.1) is 0 Å². The molecule has 3 nitrogen and oxygen atoms in total. The summed E-state index contributed by atoms with van der Waals surface area (Å²) in [5.41, 5.74) is 9.66. The average Bonchev–Trinajstić information content (AvgIpc) is 2.59. The normalized spacial score (nSPS) is 17.6. The van der Waals surface area contributed by atoms with Crippen LogP contribution in [0.5, 0.6) is 0 Å². The van der Waals surface area contributed by atoms with Crippen LogP contribution in [0.2, 0.25) is 0 Å². The van der Waals surface area contributed by atoms with Gasteiger partial charge in [-0.25, -0.2) is 0 Å². The number of hydrogen-bond donors (Lipinski definition) is 1. The maximum absolute atomic E-state index is 12.6. The number of halogens is 1. The lowest BCUT2D eigenvalue weighted by Crippen LogP contribution is -2.39. The van der Waals surface area contributed by atoms with Gasteiger partial charge in [-0.1, -0.05) is 54.6 Å². The fraction of sp³-hybridized carbons (Fsp3) is 0.350. The number of carbonyl (C=O) groups excluding carboxylic acids is 1. The molecule has 2 N–H and O–H groups in total. The maximum atomic E-state index is 12.6. The number of hydrogen-bond acceptors (Lipinski definition) is 2. The molecular weight excluding hydrogens is 320 g/mol. The van der Waals surface area contributed by atoms with Gasteiger partial charge in [0.1, 0.15) is 0 Å². The smallest absolute Gasteiger partial charge is 0.222 e. The van der Waals surface area contributed by atoms with Crippen LogP contribution in [-0.2, 0) is 11.3 Å². The molecule has 0 spiro atoms. The first-order valence-corrected chi connectivity index (χ1v) is 8.31. The van der Waals surface area contributed by atoms with Gasteiger partial charge in [-0.2, -0.15) is 0 Å². The van der Waals surface area contributed by atoms with Crippen molar-refractivity contribution >= 4 is 18.3 Å². The molecule has 1 amide bonds. The van der Waals surface area contributed by atoms with Gasteiger partial charge in [-0.05, 0) is 30.0 Å². The number of rotatable bonds is 4. The molecule has 1 heterocycles. The number of nitrogens with two attached hydrogens (primary N) is 1. The van der Waals surface area contributed by atoms with E-state index in [1.165, 1.54) is 16.7 Å². The molecule has 2 aromatic carbocycles. The minimum atomic E-state index is 0. The summed E-state index contributed by atoms with van der Waals surface area (Å²) >= 11 is 0.